The molecule has 0 nitrogen and oxygen atoms in total. The van der Waals surface area contributed by atoms with Crippen LogP contribution in [0.2, 0.25) is 0 Å². The predicted molar refractivity (Wildman–Crippen MR) is 71.1 cm³/mol. The monoisotopic (exact) mass is 208 g/mol. The normalized spacial score (nSPS) is 12.4. The summed E-state index contributed by atoms with van der Waals surface area (Å²) in [6.07, 6.45) is 12.4. The van der Waals surface area contributed by atoms with Gasteiger partial charge in [0.1, 0.15) is 0 Å². The van der Waals surface area contributed by atoms with Crippen molar-refractivity contribution in [2.45, 2.75) is 65.2 Å². The molecule has 1 unspecified atom stereocenters. The summed E-state index contributed by atoms with van der Waals surface area (Å²) >= 11 is 0. The highest BCUT2D eigenvalue weighted by atomic mass is 14.1. The molecule has 0 aromatic heterocycles. The molecule has 0 aliphatic carbocycles. The molecule has 0 bridgehead atoms. The van der Waals surface area contributed by atoms with Crippen LogP contribution in [0, 0.1) is 5.92 Å². The molecule has 15 heavy (non-hydrogen) atoms. The van der Waals surface area contributed by atoms with Gasteiger partial charge in [0.2, 0.25) is 0 Å². The minimum Gasteiger partial charge on any atom is -0.103 e. The van der Waals surface area contributed by atoms with E-state index in [1.54, 1.807) is 0 Å². The zero-order valence-electron chi connectivity index (χ0n) is 10.7. The Labute approximate surface area is 96.5 Å². The minimum atomic E-state index is 0.727. The molecule has 0 radical (unpaired) electrons. The summed E-state index contributed by atoms with van der Waals surface area (Å²) in [5.74, 6) is 0.727. The van der Waals surface area contributed by atoms with Crippen LogP contribution in [-0.4, -0.2) is 0 Å². The molecule has 0 aliphatic rings. The number of hydrogen-bond donors (Lipinski definition) is 0. The highest BCUT2D eigenvalue weighted by Gasteiger charge is 2.08. The molecule has 0 aromatic carbocycles. The van der Waals surface area contributed by atoms with Crippen molar-refractivity contribution in [3.05, 3.63) is 24.8 Å². The molecule has 0 heteroatoms. The summed E-state index contributed by atoms with van der Waals surface area (Å²) in [6, 6.07) is 0. The topological polar surface area (TPSA) is 0 Å². The lowest BCUT2D eigenvalue weighted by atomic mass is 9.90. The Balaban J connectivity index is 3.60. The second-order valence-corrected chi connectivity index (χ2v) is 4.46. The van der Waals surface area contributed by atoms with Crippen LogP contribution in [-0.2, 0) is 0 Å². The second-order valence-electron chi connectivity index (χ2n) is 4.46. The molecular formula is C15H28. The minimum absolute atomic E-state index is 0.727. The smallest absolute Gasteiger partial charge is 0.0141 e. The van der Waals surface area contributed by atoms with Crippen LogP contribution in [0.5, 0.6) is 0 Å². The van der Waals surface area contributed by atoms with Crippen LogP contribution >= 0.6 is 0 Å². The molecule has 0 amide bonds. The van der Waals surface area contributed by atoms with E-state index < -0.39 is 0 Å². The van der Waals surface area contributed by atoms with Gasteiger partial charge in [-0.05, 0) is 25.2 Å². The summed E-state index contributed by atoms with van der Waals surface area (Å²) < 4.78 is 0. The summed E-state index contributed by atoms with van der Waals surface area (Å²) in [5.41, 5.74) is 1.38. The molecule has 0 fully saturated rings. The zero-order valence-corrected chi connectivity index (χ0v) is 10.7. The maximum atomic E-state index is 4.16. The van der Waals surface area contributed by atoms with Gasteiger partial charge in [-0.1, -0.05) is 64.2 Å². The molecule has 0 heterocycles. The third-order valence-corrected chi connectivity index (χ3v) is 3.13. The first-order chi connectivity index (χ1) is 7.26. The lowest BCUT2D eigenvalue weighted by Crippen LogP contribution is -2.01. The highest BCUT2D eigenvalue weighted by molar-refractivity contribution is 5.04. The van der Waals surface area contributed by atoms with E-state index in [1.807, 2.05) is 6.08 Å². The Morgan fingerprint density at radius 3 is 2.33 bits per heavy atom. The Hall–Kier alpha value is -0.520. The average molecular weight is 208 g/mol. The van der Waals surface area contributed by atoms with Crippen molar-refractivity contribution in [2.75, 3.05) is 0 Å². The van der Waals surface area contributed by atoms with E-state index >= 15 is 0 Å². The standard InChI is InChI=1S/C15H28/c1-5-8-9-10-11-13-15(7-3)14(4)12-6-2/h6,15H,2,4-5,7-13H2,1,3H3. The first-order valence-electron chi connectivity index (χ1n) is 6.54. The zero-order chi connectivity index (χ0) is 11.5. The predicted octanol–water partition coefficient (Wildman–Crippen LogP) is 5.51. The molecule has 0 aromatic rings. The van der Waals surface area contributed by atoms with Gasteiger partial charge in [0.25, 0.3) is 0 Å². The van der Waals surface area contributed by atoms with Crippen LogP contribution < -0.4 is 0 Å². The molecule has 0 aliphatic heterocycles. The maximum Gasteiger partial charge on any atom is -0.0141 e. The van der Waals surface area contributed by atoms with Gasteiger partial charge in [0, 0.05) is 0 Å². The van der Waals surface area contributed by atoms with Gasteiger partial charge >= 0.3 is 0 Å². The van der Waals surface area contributed by atoms with Gasteiger partial charge in [-0.25, -0.2) is 0 Å². The average Bonchev–Trinajstić information content (AvgIpc) is 2.23. The molecule has 0 spiro atoms. The molecule has 0 N–H and O–H groups in total. The van der Waals surface area contributed by atoms with E-state index in [0.717, 1.165) is 12.3 Å². The first kappa shape index (κ1) is 14.5. The van der Waals surface area contributed by atoms with Crippen LogP contribution in [0.15, 0.2) is 24.8 Å². The maximum absolute atomic E-state index is 4.16. The quantitative estimate of drug-likeness (QED) is 0.328. The van der Waals surface area contributed by atoms with Gasteiger partial charge in [0.05, 0.1) is 0 Å². The van der Waals surface area contributed by atoms with Crippen LogP contribution in [0.1, 0.15) is 65.2 Å². The van der Waals surface area contributed by atoms with Gasteiger partial charge < -0.3 is 0 Å². The van der Waals surface area contributed by atoms with Crippen molar-refractivity contribution < 1.29 is 0 Å². The SMILES string of the molecule is C=CCC(=C)C(CC)CCCCCCC. The van der Waals surface area contributed by atoms with Crippen LogP contribution in [0.25, 0.3) is 0 Å². The van der Waals surface area contributed by atoms with Crippen molar-refractivity contribution >= 4 is 0 Å². The largest absolute Gasteiger partial charge is 0.103 e. The molecule has 88 valence electrons. The lowest BCUT2D eigenvalue weighted by Gasteiger charge is -2.16. The second kappa shape index (κ2) is 10.0. The summed E-state index contributed by atoms with van der Waals surface area (Å²) in [6.45, 7) is 12.5. The third kappa shape index (κ3) is 7.41. The van der Waals surface area contributed by atoms with Crippen molar-refractivity contribution in [2.24, 2.45) is 5.92 Å². The number of hydrogen-bond acceptors (Lipinski definition) is 0. The van der Waals surface area contributed by atoms with Crippen LogP contribution in [0.3, 0.4) is 0 Å². The van der Waals surface area contributed by atoms with E-state index in [9.17, 15) is 0 Å². The van der Waals surface area contributed by atoms with Crippen molar-refractivity contribution in [1.29, 1.82) is 0 Å². The summed E-state index contributed by atoms with van der Waals surface area (Å²) in [7, 11) is 0. The Morgan fingerprint density at radius 2 is 1.80 bits per heavy atom. The highest BCUT2D eigenvalue weighted by Crippen LogP contribution is 2.23. The lowest BCUT2D eigenvalue weighted by molar-refractivity contribution is 0.489. The van der Waals surface area contributed by atoms with Crippen molar-refractivity contribution in [3.8, 4) is 0 Å². The molecular weight excluding hydrogens is 180 g/mol. The fourth-order valence-electron chi connectivity index (χ4n) is 2.04. The van der Waals surface area contributed by atoms with Gasteiger partial charge in [0.15, 0.2) is 0 Å². The van der Waals surface area contributed by atoms with Crippen molar-refractivity contribution in [3.63, 3.8) is 0 Å². The van der Waals surface area contributed by atoms with Gasteiger partial charge in [-0.3, -0.25) is 0 Å². The van der Waals surface area contributed by atoms with E-state index in [2.05, 4.69) is 27.0 Å². The fraction of sp³-hybridized carbons (Fsp3) is 0.733. The van der Waals surface area contributed by atoms with Crippen LogP contribution in [0.4, 0.5) is 0 Å². The molecule has 0 saturated carbocycles. The number of rotatable bonds is 10. The third-order valence-electron chi connectivity index (χ3n) is 3.13. The van der Waals surface area contributed by atoms with Gasteiger partial charge in [-0.15, -0.1) is 6.58 Å². The first-order valence-corrected chi connectivity index (χ1v) is 6.54. The fourth-order valence-corrected chi connectivity index (χ4v) is 2.04. The van der Waals surface area contributed by atoms with Crippen molar-refractivity contribution in [1.82, 2.24) is 0 Å². The summed E-state index contributed by atoms with van der Waals surface area (Å²) in [4.78, 5) is 0. The molecule has 0 saturated heterocycles. The van der Waals surface area contributed by atoms with E-state index in [0.29, 0.717) is 0 Å². The Kier molecular flexibility index (Phi) is 9.67. The van der Waals surface area contributed by atoms with Gasteiger partial charge in [-0.2, -0.15) is 0 Å². The van der Waals surface area contributed by atoms with E-state index in [1.165, 1.54) is 50.5 Å². The summed E-state index contributed by atoms with van der Waals surface area (Å²) in [5, 5.41) is 0. The number of allylic oxidation sites excluding steroid dienone is 2. The van der Waals surface area contributed by atoms with E-state index in [-0.39, 0.29) is 0 Å². The Bertz CT molecular complexity index is 167. The Morgan fingerprint density at radius 1 is 1.13 bits per heavy atom. The molecule has 0 rings (SSSR count). The van der Waals surface area contributed by atoms with E-state index in [4.69, 9.17) is 0 Å². The molecule has 1 atom stereocenters. The number of unbranched alkanes of at least 4 members (excludes halogenated alkanes) is 4.